The monoisotopic (exact) mass is 170 g/mol. The van der Waals surface area contributed by atoms with Crippen LogP contribution in [-0.4, -0.2) is 5.67 Å². The molecule has 0 aromatic carbocycles. The summed E-state index contributed by atoms with van der Waals surface area (Å²) in [6.07, 6.45) is 6.33. The Balaban J connectivity index is 1.91. The molecule has 0 saturated heterocycles. The Kier molecular flexibility index (Phi) is 1.93. The van der Waals surface area contributed by atoms with Crippen LogP contribution in [0, 0.1) is 17.8 Å². The summed E-state index contributed by atoms with van der Waals surface area (Å²) >= 11 is 0. The highest BCUT2D eigenvalue weighted by Gasteiger charge is 2.41. The topological polar surface area (TPSA) is 0 Å². The molecule has 0 N–H and O–H groups in total. The standard InChI is InChI=1S/C11H19F/c1-11(2,12)7-10-6-8-3-4-9(10)5-8/h8-10H,3-7H2,1-2H3/t8?,9?,10-/m0/s1. The van der Waals surface area contributed by atoms with Gasteiger partial charge in [0.1, 0.15) is 5.67 Å². The third-order valence-corrected chi connectivity index (χ3v) is 3.63. The van der Waals surface area contributed by atoms with Crippen LogP contribution in [0.1, 0.15) is 46.0 Å². The van der Waals surface area contributed by atoms with Crippen molar-refractivity contribution >= 4 is 0 Å². The van der Waals surface area contributed by atoms with Gasteiger partial charge in [-0.05, 0) is 57.3 Å². The minimum atomic E-state index is -0.935. The molecule has 12 heavy (non-hydrogen) atoms. The first-order valence-electron chi connectivity index (χ1n) is 5.23. The molecule has 0 nitrogen and oxygen atoms in total. The van der Waals surface area contributed by atoms with Gasteiger partial charge in [0.25, 0.3) is 0 Å². The van der Waals surface area contributed by atoms with Crippen LogP contribution in [0.25, 0.3) is 0 Å². The van der Waals surface area contributed by atoms with Crippen LogP contribution in [0.3, 0.4) is 0 Å². The Hall–Kier alpha value is -0.0700. The average Bonchev–Trinajstić information content (AvgIpc) is 2.42. The minimum Gasteiger partial charge on any atom is -0.244 e. The van der Waals surface area contributed by atoms with Crippen molar-refractivity contribution in [2.24, 2.45) is 17.8 Å². The molecule has 0 aromatic rings. The fourth-order valence-electron chi connectivity index (χ4n) is 3.25. The van der Waals surface area contributed by atoms with E-state index < -0.39 is 5.67 Å². The van der Waals surface area contributed by atoms with Crippen LogP contribution in [0.15, 0.2) is 0 Å². The second kappa shape index (κ2) is 2.71. The second-order valence-electron chi connectivity index (χ2n) is 5.36. The SMILES string of the molecule is CC(C)(F)C[C@@H]1CC2CCC1C2. The quantitative estimate of drug-likeness (QED) is 0.594. The van der Waals surface area contributed by atoms with E-state index in [0.717, 1.165) is 18.3 Å². The number of rotatable bonds is 2. The average molecular weight is 170 g/mol. The van der Waals surface area contributed by atoms with E-state index in [1.807, 2.05) is 0 Å². The van der Waals surface area contributed by atoms with Gasteiger partial charge >= 0.3 is 0 Å². The molecule has 2 rings (SSSR count). The van der Waals surface area contributed by atoms with E-state index in [1.54, 1.807) is 13.8 Å². The lowest BCUT2D eigenvalue weighted by molar-refractivity contribution is 0.142. The molecule has 2 aliphatic rings. The van der Waals surface area contributed by atoms with Crippen molar-refractivity contribution in [3.05, 3.63) is 0 Å². The lowest BCUT2D eigenvalue weighted by Gasteiger charge is -2.26. The summed E-state index contributed by atoms with van der Waals surface area (Å²) in [7, 11) is 0. The maximum atomic E-state index is 13.4. The van der Waals surface area contributed by atoms with Gasteiger partial charge in [-0.1, -0.05) is 6.42 Å². The van der Waals surface area contributed by atoms with Gasteiger partial charge in [0, 0.05) is 0 Å². The second-order valence-corrected chi connectivity index (χ2v) is 5.36. The molecule has 0 aromatic heterocycles. The Morgan fingerprint density at radius 2 is 2.00 bits per heavy atom. The van der Waals surface area contributed by atoms with Gasteiger partial charge in [-0.15, -0.1) is 0 Å². The van der Waals surface area contributed by atoms with Crippen LogP contribution in [-0.2, 0) is 0 Å². The molecule has 2 aliphatic carbocycles. The van der Waals surface area contributed by atoms with Gasteiger partial charge in [0.15, 0.2) is 0 Å². The molecule has 0 heterocycles. The van der Waals surface area contributed by atoms with Crippen molar-refractivity contribution in [1.29, 1.82) is 0 Å². The number of hydrogen-bond donors (Lipinski definition) is 0. The van der Waals surface area contributed by atoms with E-state index >= 15 is 0 Å². The molecule has 2 unspecified atom stereocenters. The summed E-state index contributed by atoms with van der Waals surface area (Å²) in [4.78, 5) is 0. The van der Waals surface area contributed by atoms with Crippen LogP contribution < -0.4 is 0 Å². The molecule has 70 valence electrons. The highest BCUT2D eigenvalue weighted by molar-refractivity contribution is 4.92. The maximum Gasteiger partial charge on any atom is 0.105 e. The zero-order chi connectivity index (χ0) is 8.77. The van der Waals surface area contributed by atoms with Gasteiger partial charge in [-0.3, -0.25) is 0 Å². The minimum absolute atomic E-state index is 0.712. The van der Waals surface area contributed by atoms with Gasteiger partial charge in [0.2, 0.25) is 0 Å². The summed E-state index contributed by atoms with van der Waals surface area (Å²) in [6, 6.07) is 0. The molecule has 0 radical (unpaired) electrons. The molecular weight excluding hydrogens is 151 g/mol. The van der Waals surface area contributed by atoms with Crippen molar-refractivity contribution in [3.63, 3.8) is 0 Å². The zero-order valence-corrected chi connectivity index (χ0v) is 8.15. The van der Waals surface area contributed by atoms with E-state index in [0.29, 0.717) is 5.92 Å². The summed E-state index contributed by atoms with van der Waals surface area (Å²) < 4.78 is 13.4. The first kappa shape index (κ1) is 8.52. The van der Waals surface area contributed by atoms with Crippen molar-refractivity contribution in [1.82, 2.24) is 0 Å². The van der Waals surface area contributed by atoms with Gasteiger partial charge in [-0.2, -0.15) is 0 Å². The molecule has 3 atom stereocenters. The molecule has 2 fully saturated rings. The van der Waals surface area contributed by atoms with Crippen LogP contribution in [0.5, 0.6) is 0 Å². The Morgan fingerprint density at radius 3 is 2.42 bits per heavy atom. The summed E-state index contributed by atoms with van der Waals surface area (Å²) in [6.45, 7) is 3.44. The van der Waals surface area contributed by atoms with E-state index in [1.165, 1.54) is 25.7 Å². The number of alkyl halides is 1. The largest absolute Gasteiger partial charge is 0.244 e. The van der Waals surface area contributed by atoms with E-state index in [4.69, 9.17) is 0 Å². The fraction of sp³-hybridized carbons (Fsp3) is 1.00. The van der Waals surface area contributed by atoms with Crippen LogP contribution in [0.4, 0.5) is 4.39 Å². The molecular formula is C11H19F. The molecule has 2 saturated carbocycles. The molecule has 1 heteroatoms. The normalized spacial score (nSPS) is 40.8. The van der Waals surface area contributed by atoms with Crippen molar-refractivity contribution in [2.75, 3.05) is 0 Å². The molecule has 0 aliphatic heterocycles. The Bertz CT molecular complexity index is 168. The highest BCUT2D eigenvalue weighted by atomic mass is 19.1. The van der Waals surface area contributed by atoms with Crippen molar-refractivity contribution < 1.29 is 4.39 Å². The van der Waals surface area contributed by atoms with Gasteiger partial charge in [-0.25, -0.2) is 4.39 Å². The molecule has 0 amide bonds. The number of fused-ring (bicyclic) bond motifs is 2. The summed E-state index contributed by atoms with van der Waals surface area (Å²) in [5.41, 5.74) is -0.935. The molecule has 0 spiro atoms. The van der Waals surface area contributed by atoms with E-state index in [-0.39, 0.29) is 0 Å². The summed E-state index contributed by atoms with van der Waals surface area (Å²) in [5.74, 6) is 2.55. The third-order valence-electron chi connectivity index (χ3n) is 3.63. The van der Waals surface area contributed by atoms with Crippen molar-refractivity contribution in [3.8, 4) is 0 Å². The predicted molar refractivity (Wildman–Crippen MR) is 48.7 cm³/mol. The predicted octanol–water partition coefficient (Wildman–Crippen LogP) is 3.56. The van der Waals surface area contributed by atoms with E-state index in [9.17, 15) is 4.39 Å². The van der Waals surface area contributed by atoms with E-state index in [2.05, 4.69) is 0 Å². The smallest absolute Gasteiger partial charge is 0.105 e. The molecule has 2 bridgehead atoms. The van der Waals surface area contributed by atoms with Crippen molar-refractivity contribution in [2.45, 2.75) is 51.6 Å². The Morgan fingerprint density at radius 1 is 1.25 bits per heavy atom. The number of hydrogen-bond acceptors (Lipinski definition) is 0. The van der Waals surface area contributed by atoms with Gasteiger partial charge in [0.05, 0.1) is 0 Å². The lowest BCUT2D eigenvalue weighted by atomic mass is 9.82. The van der Waals surface area contributed by atoms with Crippen LogP contribution in [0.2, 0.25) is 0 Å². The van der Waals surface area contributed by atoms with Crippen LogP contribution >= 0.6 is 0 Å². The summed E-state index contributed by atoms with van der Waals surface area (Å²) in [5, 5.41) is 0. The van der Waals surface area contributed by atoms with Gasteiger partial charge < -0.3 is 0 Å². The Labute approximate surface area is 74.5 Å². The third kappa shape index (κ3) is 1.65. The highest BCUT2D eigenvalue weighted by Crippen LogP contribution is 2.50. The number of halogens is 1. The first-order valence-corrected chi connectivity index (χ1v) is 5.23. The lowest BCUT2D eigenvalue weighted by Crippen LogP contribution is -2.21. The first-order chi connectivity index (χ1) is 5.54. The fourth-order valence-corrected chi connectivity index (χ4v) is 3.25. The zero-order valence-electron chi connectivity index (χ0n) is 8.15. The maximum absolute atomic E-state index is 13.4.